The number of rotatable bonds is 7. The number of aromatic nitrogens is 3. The highest BCUT2D eigenvalue weighted by atomic mass is 16.7. The molecule has 3 heterocycles. The number of amides is 1. The molecule has 0 unspecified atom stereocenters. The zero-order valence-electron chi connectivity index (χ0n) is 16.2. The fourth-order valence-corrected chi connectivity index (χ4v) is 3.57. The summed E-state index contributed by atoms with van der Waals surface area (Å²) in [5.74, 6) is 1.87. The molecule has 1 N–H and O–H groups in total. The second-order valence-corrected chi connectivity index (χ2v) is 7.42. The summed E-state index contributed by atoms with van der Waals surface area (Å²) in [6.45, 7) is 1.11. The van der Waals surface area contributed by atoms with Crippen LogP contribution >= 0.6 is 0 Å². The van der Waals surface area contributed by atoms with E-state index < -0.39 is 5.41 Å². The van der Waals surface area contributed by atoms with Crippen LogP contribution in [0.3, 0.4) is 0 Å². The van der Waals surface area contributed by atoms with E-state index in [2.05, 4.69) is 15.6 Å². The zero-order valence-corrected chi connectivity index (χ0v) is 16.2. The SMILES string of the molecule is O=C(NCCCn1ncccc1=O)C1(c2cc(-c3ccc4c(c3)OCO4)on2)CC1. The molecule has 0 atom stereocenters. The Hall–Kier alpha value is -3.62. The van der Waals surface area contributed by atoms with E-state index in [4.69, 9.17) is 14.0 Å². The summed E-state index contributed by atoms with van der Waals surface area (Å²) in [6.07, 6.45) is 3.64. The molecule has 9 nitrogen and oxygen atoms in total. The van der Waals surface area contributed by atoms with Crippen LogP contribution in [0.1, 0.15) is 25.0 Å². The van der Waals surface area contributed by atoms with Crippen molar-refractivity contribution in [3.63, 3.8) is 0 Å². The van der Waals surface area contributed by atoms with E-state index in [0.29, 0.717) is 42.5 Å². The van der Waals surface area contributed by atoms with Crippen LogP contribution in [0.15, 0.2) is 51.9 Å². The minimum Gasteiger partial charge on any atom is -0.454 e. The van der Waals surface area contributed by atoms with E-state index in [-0.39, 0.29) is 18.3 Å². The van der Waals surface area contributed by atoms with Crippen molar-refractivity contribution in [1.82, 2.24) is 20.3 Å². The molecule has 0 bridgehead atoms. The average molecular weight is 408 g/mol. The predicted molar refractivity (Wildman–Crippen MR) is 105 cm³/mol. The fourth-order valence-electron chi connectivity index (χ4n) is 3.57. The third-order valence-corrected chi connectivity index (χ3v) is 5.46. The quantitative estimate of drug-likeness (QED) is 0.595. The normalized spacial score (nSPS) is 15.7. The van der Waals surface area contributed by atoms with Gasteiger partial charge >= 0.3 is 0 Å². The number of hydrogen-bond acceptors (Lipinski definition) is 7. The van der Waals surface area contributed by atoms with Crippen molar-refractivity contribution < 1.29 is 18.8 Å². The first kappa shape index (κ1) is 18.4. The number of fused-ring (bicyclic) bond motifs is 1. The minimum atomic E-state index is -0.639. The van der Waals surface area contributed by atoms with Gasteiger partial charge in [-0.1, -0.05) is 5.16 Å². The van der Waals surface area contributed by atoms with Crippen LogP contribution in [0.5, 0.6) is 11.5 Å². The van der Waals surface area contributed by atoms with Crippen LogP contribution in [-0.2, 0) is 16.8 Å². The van der Waals surface area contributed by atoms with Gasteiger partial charge in [0.2, 0.25) is 12.7 Å². The van der Waals surface area contributed by atoms with E-state index in [1.165, 1.54) is 10.7 Å². The number of nitrogens with zero attached hydrogens (tertiary/aromatic N) is 3. The van der Waals surface area contributed by atoms with Crippen LogP contribution in [-0.4, -0.2) is 34.2 Å². The Kier molecular flexibility index (Phi) is 4.50. The standard InChI is InChI=1S/C21H20N4O5/c26-19-3-1-9-23-25(19)10-2-8-22-20(27)21(6-7-21)18-12-16(30-24-18)14-4-5-15-17(11-14)29-13-28-15/h1,3-5,9,11-12H,2,6-8,10,13H2,(H,22,27). The molecule has 0 spiro atoms. The van der Waals surface area contributed by atoms with Gasteiger partial charge < -0.3 is 19.3 Å². The van der Waals surface area contributed by atoms with Gasteiger partial charge in [-0.3, -0.25) is 9.59 Å². The highest BCUT2D eigenvalue weighted by molar-refractivity contribution is 5.91. The van der Waals surface area contributed by atoms with Crippen molar-refractivity contribution in [2.45, 2.75) is 31.2 Å². The van der Waals surface area contributed by atoms with E-state index in [9.17, 15) is 9.59 Å². The van der Waals surface area contributed by atoms with Gasteiger partial charge in [0, 0.05) is 37.0 Å². The van der Waals surface area contributed by atoms with E-state index >= 15 is 0 Å². The number of carbonyl (C=O) groups excluding carboxylic acids is 1. The number of ether oxygens (including phenoxy) is 2. The first-order valence-corrected chi connectivity index (χ1v) is 9.83. The van der Waals surface area contributed by atoms with Crippen LogP contribution in [0.25, 0.3) is 11.3 Å². The second kappa shape index (κ2) is 7.33. The predicted octanol–water partition coefficient (Wildman–Crippen LogP) is 1.87. The summed E-state index contributed by atoms with van der Waals surface area (Å²) < 4.78 is 17.6. The Labute approximate surface area is 171 Å². The molecule has 1 aliphatic heterocycles. The Balaban J connectivity index is 1.22. The number of benzene rings is 1. The third kappa shape index (κ3) is 3.32. The van der Waals surface area contributed by atoms with Crippen molar-refractivity contribution in [2.24, 2.45) is 0 Å². The average Bonchev–Trinajstić information content (AvgIpc) is 3.20. The van der Waals surface area contributed by atoms with Gasteiger partial charge in [0.15, 0.2) is 17.3 Å². The molecule has 1 amide bonds. The molecule has 154 valence electrons. The molecule has 0 radical (unpaired) electrons. The van der Waals surface area contributed by atoms with Crippen LogP contribution in [0.4, 0.5) is 0 Å². The fraction of sp³-hybridized carbons (Fsp3) is 0.333. The zero-order chi connectivity index (χ0) is 20.6. The summed E-state index contributed by atoms with van der Waals surface area (Å²) in [6, 6.07) is 10.4. The molecule has 2 aliphatic rings. The lowest BCUT2D eigenvalue weighted by Gasteiger charge is -2.12. The maximum Gasteiger partial charge on any atom is 0.266 e. The van der Waals surface area contributed by atoms with Crippen LogP contribution in [0.2, 0.25) is 0 Å². The molecular weight excluding hydrogens is 388 g/mol. The summed E-state index contributed by atoms with van der Waals surface area (Å²) in [5.41, 5.74) is 0.657. The molecular formula is C21H20N4O5. The molecule has 5 rings (SSSR count). The first-order valence-electron chi connectivity index (χ1n) is 9.83. The van der Waals surface area contributed by atoms with Crippen LogP contribution < -0.4 is 20.3 Å². The number of carbonyl (C=O) groups is 1. The number of hydrogen-bond donors (Lipinski definition) is 1. The number of nitrogens with one attached hydrogen (secondary N) is 1. The molecule has 0 saturated heterocycles. The van der Waals surface area contributed by atoms with Gasteiger partial charge in [-0.15, -0.1) is 0 Å². The smallest absolute Gasteiger partial charge is 0.266 e. The van der Waals surface area contributed by atoms with Gasteiger partial charge in [0.25, 0.3) is 5.56 Å². The van der Waals surface area contributed by atoms with Crippen molar-refractivity contribution in [3.8, 4) is 22.8 Å². The Morgan fingerprint density at radius 2 is 2.03 bits per heavy atom. The van der Waals surface area contributed by atoms with Crippen LogP contribution in [0, 0.1) is 0 Å². The Morgan fingerprint density at radius 3 is 2.87 bits per heavy atom. The van der Waals surface area contributed by atoms with Gasteiger partial charge in [0.1, 0.15) is 0 Å². The monoisotopic (exact) mass is 408 g/mol. The van der Waals surface area contributed by atoms with E-state index in [1.807, 2.05) is 24.3 Å². The number of aryl methyl sites for hydroxylation is 1. The largest absolute Gasteiger partial charge is 0.454 e. The first-order chi connectivity index (χ1) is 14.7. The maximum atomic E-state index is 12.8. The Bertz CT molecular complexity index is 1150. The van der Waals surface area contributed by atoms with Crippen molar-refractivity contribution in [2.75, 3.05) is 13.3 Å². The summed E-state index contributed by atoms with van der Waals surface area (Å²) in [7, 11) is 0. The van der Waals surface area contributed by atoms with Crippen molar-refractivity contribution in [3.05, 3.63) is 58.6 Å². The lowest BCUT2D eigenvalue weighted by molar-refractivity contribution is -0.123. The third-order valence-electron chi connectivity index (χ3n) is 5.46. The summed E-state index contributed by atoms with van der Waals surface area (Å²) >= 11 is 0. The van der Waals surface area contributed by atoms with E-state index in [1.54, 1.807) is 12.3 Å². The molecule has 9 heteroatoms. The van der Waals surface area contributed by atoms with Gasteiger partial charge in [0.05, 0.1) is 11.1 Å². The molecule has 30 heavy (non-hydrogen) atoms. The Morgan fingerprint density at radius 1 is 1.17 bits per heavy atom. The summed E-state index contributed by atoms with van der Waals surface area (Å²) in [5, 5.41) is 11.1. The van der Waals surface area contributed by atoms with Gasteiger partial charge in [-0.05, 0) is 43.5 Å². The molecule has 1 aliphatic carbocycles. The second-order valence-electron chi connectivity index (χ2n) is 7.42. The van der Waals surface area contributed by atoms with E-state index in [0.717, 1.165) is 18.4 Å². The molecule has 1 saturated carbocycles. The lowest BCUT2D eigenvalue weighted by atomic mass is 10.00. The highest BCUT2D eigenvalue weighted by Gasteiger charge is 2.53. The maximum absolute atomic E-state index is 12.8. The summed E-state index contributed by atoms with van der Waals surface area (Å²) in [4.78, 5) is 24.5. The lowest BCUT2D eigenvalue weighted by Crippen LogP contribution is -2.36. The molecule has 1 aromatic carbocycles. The van der Waals surface area contributed by atoms with Crippen molar-refractivity contribution >= 4 is 5.91 Å². The van der Waals surface area contributed by atoms with Crippen molar-refractivity contribution in [1.29, 1.82) is 0 Å². The van der Waals surface area contributed by atoms with Gasteiger partial charge in [-0.2, -0.15) is 5.10 Å². The van der Waals surface area contributed by atoms with Gasteiger partial charge in [-0.25, -0.2) is 4.68 Å². The topological polar surface area (TPSA) is 108 Å². The molecule has 2 aromatic heterocycles. The minimum absolute atomic E-state index is 0.0681. The molecule has 3 aromatic rings. The molecule has 1 fully saturated rings. The highest BCUT2D eigenvalue weighted by Crippen LogP contribution is 2.49.